The zero-order chi connectivity index (χ0) is 11.6. The normalized spacial score (nSPS) is 11.1. The maximum atomic E-state index is 11.3. The number of aryl methyl sites for hydroxylation is 1. The maximum Gasteiger partial charge on any atom is 0.350 e. The molecule has 0 amide bonds. The van der Waals surface area contributed by atoms with Gasteiger partial charge in [0, 0.05) is 0 Å². The summed E-state index contributed by atoms with van der Waals surface area (Å²) in [7, 11) is -2.13. The second kappa shape index (κ2) is 4.19. The van der Waals surface area contributed by atoms with Crippen LogP contribution in [-0.4, -0.2) is 27.8 Å². The molecule has 0 unspecified atom stereocenters. The number of nitrogens with one attached hydrogen (secondary N) is 1. The van der Waals surface area contributed by atoms with Crippen LogP contribution in [0.3, 0.4) is 0 Å². The first-order chi connectivity index (χ1) is 6.85. The monoisotopic (exact) mass is 249 g/mol. The van der Waals surface area contributed by atoms with Crippen molar-refractivity contribution in [3.8, 4) is 0 Å². The zero-order valence-corrected chi connectivity index (χ0v) is 10.2. The highest BCUT2D eigenvalue weighted by Gasteiger charge is 2.18. The number of hydrogen-bond donors (Lipinski definition) is 1. The summed E-state index contributed by atoms with van der Waals surface area (Å²) in [6.07, 6.45) is 1.03. The van der Waals surface area contributed by atoms with Gasteiger partial charge in [0.05, 0.1) is 19.1 Å². The molecule has 0 aliphatic rings. The number of methoxy groups -OCH3 is 1. The Balaban J connectivity index is 3.16. The van der Waals surface area contributed by atoms with Crippen LogP contribution >= 0.6 is 11.3 Å². The van der Waals surface area contributed by atoms with Crippen molar-refractivity contribution in [2.24, 2.45) is 0 Å². The van der Waals surface area contributed by atoms with E-state index in [1.54, 1.807) is 12.3 Å². The summed E-state index contributed by atoms with van der Waals surface area (Å²) in [5, 5.41) is 1.69. The lowest BCUT2D eigenvalue weighted by molar-refractivity contribution is 0.0607. The highest BCUT2D eigenvalue weighted by Crippen LogP contribution is 2.28. The number of ether oxygens (including phenoxy) is 1. The van der Waals surface area contributed by atoms with Crippen molar-refractivity contribution < 1.29 is 17.9 Å². The number of carbonyl (C=O) groups is 1. The molecule has 1 heterocycles. The van der Waals surface area contributed by atoms with E-state index in [2.05, 4.69) is 9.46 Å². The average Bonchev–Trinajstić information content (AvgIpc) is 2.45. The van der Waals surface area contributed by atoms with Gasteiger partial charge in [-0.05, 0) is 17.9 Å². The van der Waals surface area contributed by atoms with Crippen LogP contribution in [0.4, 0.5) is 5.69 Å². The molecule has 1 N–H and O–H groups in total. The van der Waals surface area contributed by atoms with Gasteiger partial charge in [-0.3, -0.25) is 4.72 Å². The van der Waals surface area contributed by atoms with E-state index in [1.165, 1.54) is 7.11 Å². The van der Waals surface area contributed by atoms with Gasteiger partial charge < -0.3 is 4.74 Å². The molecule has 1 aromatic rings. The summed E-state index contributed by atoms with van der Waals surface area (Å²) in [6.45, 7) is 1.72. The third-order valence-corrected chi connectivity index (χ3v) is 3.29. The molecule has 84 valence electrons. The third kappa shape index (κ3) is 2.93. The molecule has 1 rings (SSSR count). The molecule has 0 bridgehead atoms. The van der Waals surface area contributed by atoms with Crippen molar-refractivity contribution >= 4 is 33.0 Å². The van der Waals surface area contributed by atoms with E-state index in [-0.39, 0.29) is 4.88 Å². The van der Waals surface area contributed by atoms with Gasteiger partial charge in [-0.2, -0.15) is 0 Å². The summed E-state index contributed by atoms with van der Waals surface area (Å²) in [5.41, 5.74) is 1.00. The van der Waals surface area contributed by atoms with Crippen LogP contribution in [0, 0.1) is 6.92 Å². The summed E-state index contributed by atoms with van der Waals surface area (Å²) in [6, 6.07) is 0. The minimum absolute atomic E-state index is 0.264. The number of sulfonamides is 1. The Labute approximate surface area is 92.1 Å². The lowest BCUT2D eigenvalue weighted by atomic mass is 10.3. The summed E-state index contributed by atoms with van der Waals surface area (Å²) >= 11 is 1.15. The van der Waals surface area contributed by atoms with Crippen LogP contribution < -0.4 is 4.72 Å². The van der Waals surface area contributed by atoms with Gasteiger partial charge in [-0.15, -0.1) is 11.3 Å². The number of esters is 1. The van der Waals surface area contributed by atoms with Crippen molar-refractivity contribution in [1.29, 1.82) is 0 Å². The standard InChI is InChI=1S/C8H11NO4S2/c1-5-4-14-7(8(10)13-2)6(5)9-15(3,11)12/h4,9H,1-3H3. The minimum atomic E-state index is -3.38. The lowest BCUT2D eigenvalue weighted by Crippen LogP contribution is -2.13. The summed E-state index contributed by atoms with van der Waals surface area (Å²) < 4.78 is 28.9. The van der Waals surface area contributed by atoms with Crippen LogP contribution in [-0.2, 0) is 14.8 Å². The quantitative estimate of drug-likeness (QED) is 0.817. The molecule has 0 saturated carbocycles. The number of hydrogen-bond acceptors (Lipinski definition) is 5. The van der Waals surface area contributed by atoms with Crippen LogP contribution in [0.1, 0.15) is 15.2 Å². The number of anilines is 1. The van der Waals surface area contributed by atoms with Gasteiger partial charge in [-0.25, -0.2) is 13.2 Å². The van der Waals surface area contributed by atoms with E-state index >= 15 is 0 Å². The molecule has 0 saturated heterocycles. The Kier molecular flexibility index (Phi) is 3.35. The Bertz CT molecular complexity index is 475. The second-order valence-corrected chi connectivity index (χ2v) is 5.62. The Morgan fingerprint density at radius 3 is 2.60 bits per heavy atom. The fraction of sp³-hybridized carbons (Fsp3) is 0.375. The van der Waals surface area contributed by atoms with Crippen molar-refractivity contribution in [1.82, 2.24) is 0 Å². The topological polar surface area (TPSA) is 72.5 Å². The number of thiophene rings is 1. The van der Waals surface area contributed by atoms with Gasteiger partial charge in [0.25, 0.3) is 0 Å². The fourth-order valence-corrected chi connectivity index (χ4v) is 2.62. The Hall–Kier alpha value is -1.08. The zero-order valence-electron chi connectivity index (χ0n) is 8.53. The number of rotatable bonds is 3. The molecular formula is C8H11NO4S2. The molecule has 0 atom stereocenters. The van der Waals surface area contributed by atoms with Gasteiger partial charge in [-0.1, -0.05) is 0 Å². The molecule has 0 fully saturated rings. The van der Waals surface area contributed by atoms with Crippen LogP contribution in [0.5, 0.6) is 0 Å². The SMILES string of the molecule is COC(=O)c1scc(C)c1NS(C)(=O)=O. The molecule has 1 aromatic heterocycles. The molecule has 0 radical (unpaired) electrons. The van der Waals surface area contributed by atoms with Crippen LogP contribution in [0.15, 0.2) is 5.38 Å². The number of carbonyl (C=O) groups excluding carboxylic acids is 1. The largest absolute Gasteiger partial charge is 0.465 e. The van der Waals surface area contributed by atoms with E-state index in [0.717, 1.165) is 17.6 Å². The van der Waals surface area contributed by atoms with Gasteiger partial charge >= 0.3 is 5.97 Å². The first kappa shape index (κ1) is 12.0. The van der Waals surface area contributed by atoms with E-state index in [0.29, 0.717) is 11.3 Å². The van der Waals surface area contributed by atoms with E-state index in [1.807, 2.05) is 0 Å². The highest BCUT2D eigenvalue weighted by molar-refractivity contribution is 7.92. The third-order valence-electron chi connectivity index (χ3n) is 1.63. The minimum Gasteiger partial charge on any atom is -0.465 e. The molecule has 0 spiro atoms. The molecule has 0 aliphatic heterocycles. The fourth-order valence-electron chi connectivity index (χ4n) is 0.999. The molecule has 5 nitrogen and oxygen atoms in total. The maximum absolute atomic E-state index is 11.3. The van der Waals surface area contributed by atoms with Crippen LogP contribution in [0.2, 0.25) is 0 Å². The lowest BCUT2D eigenvalue weighted by Gasteiger charge is -2.05. The van der Waals surface area contributed by atoms with Gasteiger partial charge in [0.15, 0.2) is 0 Å². The molecular weight excluding hydrogens is 238 g/mol. The van der Waals surface area contributed by atoms with Crippen molar-refractivity contribution in [2.45, 2.75) is 6.92 Å². The highest BCUT2D eigenvalue weighted by atomic mass is 32.2. The Morgan fingerprint density at radius 2 is 2.13 bits per heavy atom. The average molecular weight is 249 g/mol. The summed E-state index contributed by atoms with van der Waals surface area (Å²) in [5.74, 6) is -0.542. The van der Waals surface area contributed by atoms with Gasteiger partial charge in [0.2, 0.25) is 10.0 Å². The van der Waals surface area contributed by atoms with Gasteiger partial charge in [0.1, 0.15) is 4.88 Å². The summed E-state index contributed by atoms with van der Waals surface area (Å²) in [4.78, 5) is 11.6. The molecule has 0 aliphatic carbocycles. The van der Waals surface area contributed by atoms with E-state index < -0.39 is 16.0 Å². The molecule has 0 aromatic carbocycles. The van der Waals surface area contributed by atoms with Crippen molar-refractivity contribution in [3.63, 3.8) is 0 Å². The first-order valence-corrected chi connectivity index (χ1v) is 6.76. The molecule has 15 heavy (non-hydrogen) atoms. The van der Waals surface area contributed by atoms with E-state index in [4.69, 9.17) is 0 Å². The predicted molar refractivity (Wildman–Crippen MR) is 58.9 cm³/mol. The van der Waals surface area contributed by atoms with Crippen molar-refractivity contribution in [3.05, 3.63) is 15.8 Å². The second-order valence-electron chi connectivity index (χ2n) is 2.99. The Morgan fingerprint density at radius 1 is 1.53 bits per heavy atom. The first-order valence-electron chi connectivity index (χ1n) is 3.99. The van der Waals surface area contributed by atoms with E-state index in [9.17, 15) is 13.2 Å². The smallest absolute Gasteiger partial charge is 0.350 e. The van der Waals surface area contributed by atoms with Crippen LogP contribution in [0.25, 0.3) is 0 Å². The predicted octanol–water partition coefficient (Wildman–Crippen LogP) is 1.21. The van der Waals surface area contributed by atoms with Crippen molar-refractivity contribution in [2.75, 3.05) is 18.1 Å². The molecule has 7 heteroatoms.